The van der Waals surface area contributed by atoms with Crippen molar-refractivity contribution < 1.29 is 28.2 Å². The van der Waals surface area contributed by atoms with E-state index in [2.05, 4.69) is 0 Å². The highest BCUT2D eigenvalue weighted by molar-refractivity contribution is 7.54. The molecule has 0 spiro atoms. The SMILES string of the molecule is CO[C@@H]1C[C@H](O)[C@H](P(=O)(OC)OC)CO1. The third-order valence-corrected chi connectivity index (χ3v) is 4.83. The van der Waals surface area contributed by atoms with Gasteiger partial charge in [-0.25, -0.2) is 0 Å². The average molecular weight is 240 g/mol. The molecule has 1 saturated heterocycles. The zero-order chi connectivity index (χ0) is 11.5. The van der Waals surface area contributed by atoms with E-state index in [-0.39, 0.29) is 13.0 Å². The van der Waals surface area contributed by atoms with Gasteiger partial charge in [-0.2, -0.15) is 0 Å². The van der Waals surface area contributed by atoms with Crippen molar-refractivity contribution in [2.75, 3.05) is 27.9 Å². The number of aliphatic hydroxyl groups is 1. The summed E-state index contributed by atoms with van der Waals surface area (Å²) in [6.07, 6.45) is -1.01. The third kappa shape index (κ3) is 2.78. The molecule has 0 amide bonds. The molecule has 0 aliphatic carbocycles. The van der Waals surface area contributed by atoms with Crippen LogP contribution in [0.3, 0.4) is 0 Å². The molecule has 1 fully saturated rings. The third-order valence-electron chi connectivity index (χ3n) is 2.51. The second kappa shape index (κ2) is 5.39. The molecule has 0 bridgehead atoms. The van der Waals surface area contributed by atoms with Gasteiger partial charge < -0.3 is 23.6 Å². The normalized spacial score (nSPS) is 32.9. The first-order valence-electron chi connectivity index (χ1n) is 4.61. The first-order valence-corrected chi connectivity index (χ1v) is 6.22. The summed E-state index contributed by atoms with van der Waals surface area (Å²) < 4.78 is 31.8. The van der Waals surface area contributed by atoms with Gasteiger partial charge in [-0.1, -0.05) is 0 Å². The molecule has 1 rings (SSSR count). The summed E-state index contributed by atoms with van der Waals surface area (Å²) in [4.78, 5) is 0. The smallest absolute Gasteiger partial charge is 0.338 e. The predicted molar refractivity (Wildman–Crippen MR) is 52.8 cm³/mol. The lowest BCUT2D eigenvalue weighted by Crippen LogP contribution is -2.42. The first-order chi connectivity index (χ1) is 7.07. The monoisotopic (exact) mass is 240 g/mol. The van der Waals surface area contributed by atoms with E-state index in [0.717, 1.165) is 0 Å². The fraction of sp³-hybridized carbons (Fsp3) is 1.00. The van der Waals surface area contributed by atoms with E-state index in [1.807, 2.05) is 0 Å². The van der Waals surface area contributed by atoms with Crippen molar-refractivity contribution in [3.05, 3.63) is 0 Å². The zero-order valence-corrected chi connectivity index (χ0v) is 9.98. The molecule has 90 valence electrons. The molecule has 1 aliphatic rings. The number of ether oxygens (including phenoxy) is 2. The van der Waals surface area contributed by atoms with Gasteiger partial charge in [0.2, 0.25) is 0 Å². The first kappa shape index (κ1) is 13.1. The number of rotatable bonds is 4. The van der Waals surface area contributed by atoms with E-state index < -0.39 is 25.6 Å². The van der Waals surface area contributed by atoms with Crippen LogP contribution in [0.5, 0.6) is 0 Å². The molecule has 3 atom stereocenters. The van der Waals surface area contributed by atoms with Gasteiger partial charge in [0, 0.05) is 27.8 Å². The molecule has 0 unspecified atom stereocenters. The van der Waals surface area contributed by atoms with Crippen LogP contribution in [0, 0.1) is 0 Å². The van der Waals surface area contributed by atoms with Crippen molar-refractivity contribution in [2.45, 2.75) is 24.5 Å². The van der Waals surface area contributed by atoms with Gasteiger partial charge in [0.15, 0.2) is 6.29 Å². The highest BCUT2D eigenvalue weighted by Crippen LogP contribution is 2.54. The molecule has 7 heteroatoms. The largest absolute Gasteiger partial charge is 0.392 e. The fourth-order valence-electron chi connectivity index (χ4n) is 1.55. The van der Waals surface area contributed by atoms with Crippen LogP contribution in [0.15, 0.2) is 0 Å². The topological polar surface area (TPSA) is 74.2 Å². The van der Waals surface area contributed by atoms with Crippen LogP contribution in [0.2, 0.25) is 0 Å². The quantitative estimate of drug-likeness (QED) is 0.725. The van der Waals surface area contributed by atoms with E-state index >= 15 is 0 Å². The minimum Gasteiger partial charge on any atom is -0.392 e. The lowest BCUT2D eigenvalue weighted by Gasteiger charge is -2.34. The molecule has 6 nitrogen and oxygen atoms in total. The lowest BCUT2D eigenvalue weighted by atomic mass is 10.1. The standard InChI is InChI=1S/C8H17O6P/c1-11-8-4-6(9)7(5-14-8)15(10,12-2)13-3/h6-9H,4-5H2,1-3H3/t6-,7+,8-/m0/s1. The zero-order valence-electron chi connectivity index (χ0n) is 9.08. The second-order valence-electron chi connectivity index (χ2n) is 3.27. The lowest BCUT2D eigenvalue weighted by molar-refractivity contribution is -0.170. The summed E-state index contributed by atoms with van der Waals surface area (Å²) >= 11 is 0. The molecule has 1 N–H and O–H groups in total. The van der Waals surface area contributed by atoms with Crippen molar-refractivity contribution in [1.82, 2.24) is 0 Å². The molecule has 0 aromatic carbocycles. The Kier molecular flexibility index (Phi) is 4.70. The van der Waals surface area contributed by atoms with Crippen molar-refractivity contribution in [2.24, 2.45) is 0 Å². The maximum atomic E-state index is 12.0. The van der Waals surface area contributed by atoms with Gasteiger partial charge in [-0.15, -0.1) is 0 Å². The van der Waals surface area contributed by atoms with E-state index in [1.165, 1.54) is 21.3 Å². The van der Waals surface area contributed by atoms with Crippen LogP contribution >= 0.6 is 7.60 Å². The Balaban J connectivity index is 2.68. The van der Waals surface area contributed by atoms with E-state index in [1.54, 1.807) is 0 Å². The Morgan fingerprint density at radius 1 is 1.33 bits per heavy atom. The van der Waals surface area contributed by atoms with Crippen molar-refractivity contribution in [1.29, 1.82) is 0 Å². The van der Waals surface area contributed by atoms with Crippen LogP contribution in [0.25, 0.3) is 0 Å². The number of hydrogen-bond acceptors (Lipinski definition) is 6. The van der Waals surface area contributed by atoms with Gasteiger partial charge in [0.05, 0.1) is 12.7 Å². The highest BCUT2D eigenvalue weighted by Gasteiger charge is 2.43. The Morgan fingerprint density at radius 3 is 2.33 bits per heavy atom. The molecular formula is C8H17O6P. The van der Waals surface area contributed by atoms with Crippen molar-refractivity contribution in [3.63, 3.8) is 0 Å². The van der Waals surface area contributed by atoms with Gasteiger partial charge in [0.1, 0.15) is 5.66 Å². The average Bonchev–Trinajstić information content (AvgIpc) is 2.27. The van der Waals surface area contributed by atoms with Crippen molar-refractivity contribution in [3.8, 4) is 0 Å². The summed E-state index contributed by atoms with van der Waals surface area (Å²) in [5.74, 6) is 0. The molecule has 0 saturated carbocycles. The Morgan fingerprint density at radius 2 is 1.93 bits per heavy atom. The number of methoxy groups -OCH3 is 1. The minimum absolute atomic E-state index is 0.0959. The summed E-state index contributed by atoms with van der Waals surface area (Å²) in [5.41, 5.74) is -0.654. The summed E-state index contributed by atoms with van der Waals surface area (Å²) in [6.45, 7) is 0.0959. The van der Waals surface area contributed by atoms with Gasteiger partial charge in [-0.3, -0.25) is 4.57 Å². The Labute approximate surface area is 89.0 Å². The Bertz CT molecular complexity index is 237. The van der Waals surface area contributed by atoms with E-state index in [0.29, 0.717) is 0 Å². The van der Waals surface area contributed by atoms with Gasteiger partial charge in [-0.05, 0) is 0 Å². The fourth-order valence-corrected chi connectivity index (χ4v) is 3.05. The van der Waals surface area contributed by atoms with E-state index in [4.69, 9.17) is 18.5 Å². The second-order valence-corrected chi connectivity index (χ2v) is 5.75. The van der Waals surface area contributed by atoms with Crippen LogP contribution in [0.1, 0.15) is 6.42 Å². The predicted octanol–water partition coefficient (Wildman–Crippen LogP) is 0.595. The molecular weight excluding hydrogens is 223 g/mol. The molecule has 1 aliphatic heterocycles. The maximum absolute atomic E-state index is 12.0. The maximum Gasteiger partial charge on any atom is 0.338 e. The summed E-state index contributed by atoms with van der Waals surface area (Å²) in [7, 11) is 0.792. The van der Waals surface area contributed by atoms with Gasteiger partial charge >= 0.3 is 7.60 Å². The summed E-state index contributed by atoms with van der Waals surface area (Å²) in [5, 5.41) is 9.78. The Hall–Kier alpha value is 0.0300. The molecule has 0 aromatic rings. The number of hydrogen-bond donors (Lipinski definition) is 1. The summed E-state index contributed by atoms with van der Waals surface area (Å²) in [6, 6.07) is 0. The highest BCUT2D eigenvalue weighted by atomic mass is 31.2. The van der Waals surface area contributed by atoms with E-state index in [9.17, 15) is 9.67 Å². The van der Waals surface area contributed by atoms with Crippen LogP contribution in [0.4, 0.5) is 0 Å². The molecule has 0 aromatic heterocycles. The van der Waals surface area contributed by atoms with Crippen LogP contribution < -0.4 is 0 Å². The number of aliphatic hydroxyl groups excluding tert-OH is 1. The van der Waals surface area contributed by atoms with Crippen molar-refractivity contribution >= 4 is 7.60 Å². The molecule has 15 heavy (non-hydrogen) atoms. The molecule has 0 radical (unpaired) electrons. The van der Waals surface area contributed by atoms with Gasteiger partial charge in [0.25, 0.3) is 0 Å². The van der Waals surface area contributed by atoms with Crippen LogP contribution in [-0.4, -0.2) is 51.1 Å². The van der Waals surface area contributed by atoms with Crippen LogP contribution in [-0.2, 0) is 23.1 Å². The minimum atomic E-state index is -3.28. The molecule has 1 heterocycles.